The number of nitrogens with zero attached hydrogens (tertiary/aromatic N) is 1. The summed E-state index contributed by atoms with van der Waals surface area (Å²) in [6.07, 6.45) is 1.02. The fraction of sp³-hybridized carbons (Fsp3) is 0.188. The lowest BCUT2D eigenvalue weighted by atomic mass is 10.2. The number of hydrogen-bond acceptors (Lipinski definition) is 1. The molecule has 0 aliphatic carbocycles. The Balaban J connectivity index is 1.65. The second-order valence-electron chi connectivity index (χ2n) is 4.82. The molecule has 0 saturated heterocycles. The highest BCUT2D eigenvalue weighted by atomic mass is 32.1. The Kier molecular flexibility index (Phi) is 3.65. The van der Waals surface area contributed by atoms with Gasteiger partial charge in [0.05, 0.1) is 0 Å². The number of rotatable bonds is 2. The van der Waals surface area contributed by atoms with Crippen LogP contribution in [0.1, 0.15) is 11.1 Å². The molecule has 0 atom stereocenters. The van der Waals surface area contributed by atoms with Gasteiger partial charge in [-0.3, -0.25) is 0 Å². The molecule has 2 aromatic rings. The molecule has 1 aliphatic heterocycles. The van der Waals surface area contributed by atoms with Crippen molar-refractivity contribution in [2.75, 3.05) is 11.4 Å². The molecule has 2 aromatic carbocycles. The normalized spacial score (nSPS) is 13.2. The minimum atomic E-state index is -0.218. The smallest absolute Gasteiger partial charge is 0.173 e. The molecular weight excluding hydrogens is 271 g/mol. The minimum Gasteiger partial charge on any atom is -0.358 e. The first-order valence-electron chi connectivity index (χ1n) is 6.62. The average Bonchev–Trinajstić information content (AvgIpc) is 2.90. The Morgan fingerprint density at radius 3 is 2.70 bits per heavy atom. The van der Waals surface area contributed by atoms with Crippen molar-refractivity contribution in [3.63, 3.8) is 0 Å². The number of thiocarbonyl (C=S) groups is 1. The van der Waals surface area contributed by atoms with E-state index >= 15 is 0 Å². The molecule has 0 radical (unpaired) electrons. The van der Waals surface area contributed by atoms with Gasteiger partial charge >= 0.3 is 0 Å². The first-order chi connectivity index (χ1) is 9.74. The fourth-order valence-electron chi connectivity index (χ4n) is 2.42. The number of anilines is 1. The van der Waals surface area contributed by atoms with Gasteiger partial charge in [-0.05, 0) is 48.0 Å². The zero-order valence-corrected chi connectivity index (χ0v) is 11.8. The Morgan fingerprint density at radius 1 is 1.15 bits per heavy atom. The molecule has 1 N–H and O–H groups in total. The zero-order chi connectivity index (χ0) is 13.9. The molecule has 0 fully saturated rings. The van der Waals surface area contributed by atoms with Gasteiger partial charge in [0.2, 0.25) is 0 Å². The van der Waals surface area contributed by atoms with Crippen molar-refractivity contribution in [2.24, 2.45) is 0 Å². The summed E-state index contributed by atoms with van der Waals surface area (Å²) in [7, 11) is 0. The minimum absolute atomic E-state index is 0.218. The molecule has 0 unspecified atom stereocenters. The van der Waals surface area contributed by atoms with Crippen LogP contribution in [0, 0.1) is 5.82 Å². The van der Waals surface area contributed by atoms with Crippen LogP contribution in [0.15, 0.2) is 48.5 Å². The van der Waals surface area contributed by atoms with Crippen LogP contribution in [0.2, 0.25) is 0 Å². The van der Waals surface area contributed by atoms with Gasteiger partial charge in [-0.1, -0.05) is 30.3 Å². The van der Waals surface area contributed by atoms with Gasteiger partial charge in [-0.2, -0.15) is 0 Å². The summed E-state index contributed by atoms with van der Waals surface area (Å²) >= 11 is 5.46. The maximum atomic E-state index is 12.8. The summed E-state index contributed by atoms with van der Waals surface area (Å²) in [5.41, 5.74) is 3.53. The molecule has 2 nitrogen and oxygen atoms in total. The highest BCUT2D eigenvalue weighted by Crippen LogP contribution is 2.27. The van der Waals surface area contributed by atoms with E-state index in [0.717, 1.165) is 23.6 Å². The van der Waals surface area contributed by atoms with Crippen LogP contribution in [0.4, 0.5) is 10.1 Å². The van der Waals surface area contributed by atoms with E-state index in [9.17, 15) is 4.39 Å². The lowest BCUT2D eigenvalue weighted by Gasteiger charge is -2.21. The van der Waals surface area contributed by atoms with Crippen LogP contribution >= 0.6 is 12.2 Å². The van der Waals surface area contributed by atoms with Gasteiger partial charge in [0.1, 0.15) is 5.82 Å². The largest absolute Gasteiger partial charge is 0.358 e. The predicted molar refractivity (Wildman–Crippen MR) is 83.3 cm³/mol. The molecule has 20 heavy (non-hydrogen) atoms. The molecule has 0 saturated carbocycles. The lowest BCUT2D eigenvalue weighted by molar-refractivity contribution is 0.626. The van der Waals surface area contributed by atoms with Crippen LogP contribution in [-0.2, 0) is 13.0 Å². The molecule has 102 valence electrons. The van der Waals surface area contributed by atoms with Crippen LogP contribution < -0.4 is 10.2 Å². The summed E-state index contributed by atoms with van der Waals surface area (Å²) in [5.74, 6) is -0.218. The SMILES string of the molecule is Fc1ccc(CNC(=S)N2CCc3ccccc32)cc1. The van der Waals surface area contributed by atoms with Gasteiger partial charge in [0, 0.05) is 18.8 Å². The van der Waals surface area contributed by atoms with Crippen LogP contribution in [0.3, 0.4) is 0 Å². The summed E-state index contributed by atoms with van der Waals surface area (Å²) in [6.45, 7) is 1.52. The second-order valence-corrected chi connectivity index (χ2v) is 5.20. The predicted octanol–water partition coefficient (Wildman–Crippen LogP) is 3.26. The van der Waals surface area contributed by atoms with E-state index in [1.165, 1.54) is 23.4 Å². The molecule has 4 heteroatoms. The van der Waals surface area contributed by atoms with Crippen LogP contribution in [0.5, 0.6) is 0 Å². The third kappa shape index (κ3) is 2.65. The number of fused-ring (bicyclic) bond motifs is 1. The van der Waals surface area contributed by atoms with E-state index in [0.29, 0.717) is 6.54 Å². The Hall–Kier alpha value is -1.94. The van der Waals surface area contributed by atoms with Gasteiger partial charge in [0.25, 0.3) is 0 Å². The van der Waals surface area contributed by atoms with Gasteiger partial charge in [-0.15, -0.1) is 0 Å². The van der Waals surface area contributed by atoms with Crippen LogP contribution in [-0.4, -0.2) is 11.7 Å². The summed E-state index contributed by atoms with van der Waals surface area (Å²) in [5, 5.41) is 3.96. The number of hydrogen-bond donors (Lipinski definition) is 1. The topological polar surface area (TPSA) is 15.3 Å². The average molecular weight is 286 g/mol. The molecular formula is C16H15FN2S. The van der Waals surface area contributed by atoms with Crippen molar-refractivity contribution in [1.29, 1.82) is 0 Å². The highest BCUT2D eigenvalue weighted by Gasteiger charge is 2.21. The maximum Gasteiger partial charge on any atom is 0.173 e. The Bertz CT molecular complexity index is 625. The standard InChI is InChI=1S/C16H15FN2S/c17-14-7-5-12(6-8-14)11-18-16(20)19-10-9-13-3-1-2-4-15(13)19/h1-8H,9-11H2,(H,18,20). The summed E-state index contributed by atoms with van der Waals surface area (Å²) in [4.78, 5) is 2.12. The Morgan fingerprint density at radius 2 is 1.90 bits per heavy atom. The molecule has 3 rings (SSSR count). The van der Waals surface area contributed by atoms with E-state index in [2.05, 4.69) is 28.4 Å². The molecule has 1 aliphatic rings. The van der Waals surface area contributed by atoms with E-state index in [4.69, 9.17) is 12.2 Å². The third-order valence-corrected chi connectivity index (χ3v) is 3.85. The van der Waals surface area contributed by atoms with Crippen molar-refractivity contribution in [3.8, 4) is 0 Å². The quantitative estimate of drug-likeness (QED) is 0.853. The lowest BCUT2D eigenvalue weighted by Crippen LogP contribution is -2.38. The first kappa shape index (κ1) is 13.1. The van der Waals surface area contributed by atoms with E-state index in [-0.39, 0.29) is 5.82 Å². The molecule has 0 aromatic heterocycles. The number of halogens is 1. The van der Waals surface area contributed by atoms with Crippen molar-refractivity contribution < 1.29 is 4.39 Å². The van der Waals surface area contributed by atoms with Gasteiger partial charge < -0.3 is 10.2 Å². The molecule has 0 bridgehead atoms. The summed E-state index contributed by atoms with van der Waals surface area (Å²) in [6, 6.07) is 14.8. The van der Waals surface area contributed by atoms with Gasteiger partial charge in [-0.25, -0.2) is 4.39 Å². The van der Waals surface area contributed by atoms with Crippen LogP contribution in [0.25, 0.3) is 0 Å². The number of para-hydroxylation sites is 1. The molecule has 0 amide bonds. The van der Waals surface area contributed by atoms with E-state index in [1.54, 1.807) is 12.1 Å². The monoisotopic (exact) mass is 286 g/mol. The number of nitrogens with one attached hydrogen (secondary N) is 1. The second kappa shape index (κ2) is 5.59. The molecule has 1 heterocycles. The van der Waals surface area contributed by atoms with Gasteiger partial charge in [0.15, 0.2) is 5.11 Å². The van der Waals surface area contributed by atoms with Crippen molar-refractivity contribution in [2.45, 2.75) is 13.0 Å². The van der Waals surface area contributed by atoms with Crippen molar-refractivity contribution >= 4 is 23.0 Å². The van der Waals surface area contributed by atoms with Crippen molar-refractivity contribution in [3.05, 3.63) is 65.5 Å². The van der Waals surface area contributed by atoms with E-state index < -0.39 is 0 Å². The fourth-order valence-corrected chi connectivity index (χ4v) is 2.69. The number of benzene rings is 2. The maximum absolute atomic E-state index is 12.8. The zero-order valence-electron chi connectivity index (χ0n) is 11.0. The molecule has 0 spiro atoms. The van der Waals surface area contributed by atoms with Crippen molar-refractivity contribution in [1.82, 2.24) is 5.32 Å². The Labute approximate surface area is 123 Å². The van der Waals surface area contributed by atoms with E-state index in [1.807, 2.05) is 6.07 Å². The highest BCUT2D eigenvalue weighted by molar-refractivity contribution is 7.80. The third-order valence-electron chi connectivity index (χ3n) is 3.49. The summed E-state index contributed by atoms with van der Waals surface area (Å²) < 4.78 is 12.8. The first-order valence-corrected chi connectivity index (χ1v) is 7.02.